The van der Waals surface area contributed by atoms with Crippen LogP contribution in [0.5, 0.6) is 0 Å². The van der Waals surface area contributed by atoms with Crippen LogP contribution in [-0.2, 0) is 19.4 Å². The molecule has 180 valence electrons. The van der Waals surface area contributed by atoms with Crippen LogP contribution in [0, 0.1) is 27.7 Å². The van der Waals surface area contributed by atoms with E-state index < -0.39 is 0 Å². The molecule has 0 radical (unpaired) electrons. The molecule has 0 saturated heterocycles. The maximum Gasteiger partial charge on any atom is 0.255 e. The number of aryl methyl sites for hydroxylation is 4. The zero-order valence-electron chi connectivity index (χ0n) is 20.8. The van der Waals surface area contributed by atoms with E-state index in [0.29, 0.717) is 6.54 Å². The largest absolute Gasteiger partial charge is 0.467 e. The number of carbonyl (C=O) groups excluding carboxylic acids is 1. The first-order valence-electron chi connectivity index (χ1n) is 12.2. The quantitative estimate of drug-likeness (QED) is 0.301. The summed E-state index contributed by atoms with van der Waals surface area (Å²) in [7, 11) is 0. The lowest BCUT2D eigenvalue weighted by Gasteiger charge is -2.12. The summed E-state index contributed by atoms with van der Waals surface area (Å²) in [4.78, 5) is 19.4. The lowest BCUT2D eigenvalue weighted by Crippen LogP contribution is -2.23. The Morgan fingerprint density at radius 1 is 1.11 bits per heavy atom. The summed E-state index contributed by atoms with van der Waals surface area (Å²) in [5.41, 5.74) is 8.99. The Hall–Kier alpha value is -3.38. The van der Waals surface area contributed by atoms with Gasteiger partial charge >= 0.3 is 0 Å². The summed E-state index contributed by atoms with van der Waals surface area (Å²) in [5, 5.41) is 3.82. The van der Waals surface area contributed by atoms with Crippen molar-refractivity contribution in [2.24, 2.45) is 4.99 Å². The molecule has 35 heavy (non-hydrogen) atoms. The molecule has 0 saturated carbocycles. The molecule has 1 N–H and O–H groups in total. The number of carbonyl (C=O) groups is 1. The average Bonchev–Trinajstić information content (AvgIpc) is 3.56. The van der Waals surface area contributed by atoms with Gasteiger partial charge in [-0.25, -0.2) is 4.99 Å². The van der Waals surface area contributed by atoms with E-state index in [4.69, 9.17) is 9.41 Å². The van der Waals surface area contributed by atoms with Crippen molar-refractivity contribution in [3.05, 3.63) is 92.5 Å². The minimum absolute atomic E-state index is 0.0754. The topological polar surface area (TPSA) is 59.5 Å². The molecule has 3 aromatic heterocycles. The fourth-order valence-corrected chi connectivity index (χ4v) is 6.08. The first-order valence-corrected chi connectivity index (χ1v) is 13.0. The van der Waals surface area contributed by atoms with E-state index in [9.17, 15) is 4.79 Å². The SMILES string of the molecule is Cc1ccc(-n2c(C)cc(C=Nc3sc4c(c3C(=O)NCc3ccco3)CCCC4)c2C)cc1C. The fourth-order valence-electron chi connectivity index (χ4n) is 4.85. The molecule has 1 aliphatic carbocycles. The van der Waals surface area contributed by atoms with Gasteiger partial charge in [-0.05, 0) is 100 Å². The monoisotopic (exact) mass is 485 g/mol. The van der Waals surface area contributed by atoms with E-state index >= 15 is 0 Å². The lowest BCUT2D eigenvalue weighted by atomic mass is 9.95. The van der Waals surface area contributed by atoms with Crippen molar-refractivity contribution in [1.29, 1.82) is 0 Å². The molecule has 1 aromatic carbocycles. The highest BCUT2D eigenvalue weighted by molar-refractivity contribution is 7.16. The highest BCUT2D eigenvalue weighted by atomic mass is 32.1. The number of rotatable bonds is 6. The Morgan fingerprint density at radius 3 is 2.71 bits per heavy atom. The van der Waals surface area contributed by atoms with Gasteiger partial charge in [-0.3, -0.25) is 4.79 Å². The number of fused-ring (bicyclic) bond motifs is 1. The second-order valence-corrected chi connectivity index (χ2v) is 10.4. The molecule has 0 spiro atoms. The Kier molecular flexibility index (Phi) is 6.48. The van der Waals surface area contributed by atoms with Gasteiger partial charge in [-0.1, -0.05) is 6.07 Å². The summed E-state index contributed by atoms with van der Waals surface area (Å²) in [6.07, 6.45) is 7.78. The van der Waals surface area contributed by atoms with Crippen LogP contribution in [0.3, 0.4) is 0 Å². The fraction of sp³-hybridized carbons (Fsp3) is 0.310. The number of nitrogens with one attached hydrogen (secondary N) is 1. The maximum atomic E-state index is 13.3. The normalized spacial score (nSPS) is 13.4. The van der Waals surface area contributed by atoms with E-state index in [0.717, 1.165) is 58.2 Å². The molecule has 0 unspecified atom stereocenters. The molecular weight excluding hydrogens is 454 g/mol. The highest BCUT2D eigenvalue weighted by Gasteiger charge is 2.25. The van der Waals surface area contributed by atoms with E-state index in [1.165, 1.54) is 28.0 Å². The number of thiophene rings is 1. The van der Waals surface area contributed by atoms with Crippen molar-refractivity contribution in [1.82, 2.24) is 9.88 Å². The zero-order valence-corrected chi connectivity index (χ0v) is 21.6. The summed E-state index contributed by atoms with van der Waals surface area (Å²) in [5.74, 6) is 0.667. The Labute approximate surface area is 210 Å². The van der Waals surface area contributed by atoms with Gasteiger partial charge in [-0.15, -0.1) is 11.3 Å². The van der Waals surface area contributed by atoms with Crippen molar-refractivity contribution < 1.29 is 9.21 Å². The summed E-state index contributed by atoms with van der Waals surface area (Å²) < 4.78 is 7.65. The Morgan fingerprint density at radius 2 is 1.94 bits per heavy atom. The molecule has 5 rings (SSSR count). The van der Waals surface area contributed by atoms with Gasteiger partial charge in [0.2, 0.25) is 0 Å². The minimum atomic E-state index is -0.0754. The molecule has 5 nitrogen and oxygen atoms in total. The minimum Gasteiger partial charge on any atom is -0.467 e. The van der Waals surface area contributed by atoms with Crippen LogP contribution in [0.25, 0.3) is 5.69 Å². The zero-order chi connectivity index (χ0) is 24.5. The third kappa shape index (κ3) is 4.63. The molecule has 0 aliphatic heterocycles. The van der Waals surface area contributed by atoms with Crippen LogP contribution in [0.1, 0.15) is 67.5 Å². The van der Waals surface area contributed by atoms with Gasteiger partial charge in [0.25, 0.3) is 5.91 Å². The first-order chi connectivity index (χ1) is 16.9. The van der Waals surface area contributed by atoms with Gasteiger partial charge < -0.3 is 14.3 Å². The number of amides is 1. The van der Waals surface area contributed by atoms with Crippen LogP contribution < -0.4 is 5.32 Å². The second-order valence-electron chi connectivity index (χ2n) is 9.34. The standard InChI is InChI=1S/C29H31N3O2S/c1-18-11-12-23(14-19(18)2)32-20(3)15-22(21(32)4)16-31-29-27(25-9-5-6-10-26(25)35-29)28(33)30-17-24-8-7-13-34-24/h7-8,11-16H,5-6,9-10,17H2,1-4H3,(H,30,33). The lowest BCUT2D eigenvalue weighted by molar-refractivity contribution is 0.0948. The Bertz CT molecular complexity index is 1410. The molecule has 0 atom stereocenters. The molecular formula is C29H31N3O2S. The van der Waals surface area contributed by atoms with Crippen molar-refractivity contribution in [3.63, 3.8) is 0 Å². The van der Waals surface area contributed by atoms with Crippen LogP contribution in [0.15, 0.2) is 52.1 Å². The summed E-state index contributed by atoms with van der Waals surface area (Å²) in [6, 6.07) is 12.4. The summed E-state index contributed by atoms with van der Waals surface area (Å²) in [6.45, 7) is 8.90. The van der Waals surface area contributed by atoms with Crippen molar-refractivity contribution >= 4 is 28.5 Å². The van der Waals surface area contributed by atoms with E-state index in [1.807, 2.05) is 18.3 Å². The first kappa shape index (κ1) is 23.4. The number of hydrogen-bond acceptors (Lipinski definition) is 4. The predicted molar refractivity (Wildman–Crippen MR) is 143 cm³/mol. The Balaban J connectivity index is 1.46. The van der Waals surface area contributed by atoms with Crippen molar-refractivity contribution in [3.8, 4) is 5.69 Å². The van der Waals surface area contributed by atoms with Crippen LogP contribution in [0.4, 0.5) is 5.00 Å². The number of nitrogens with zero attached hydrogens (tertiary/aromatic N) is 2. The van der Waals surface area contributed by atoms with Crippen LogP contribution in [-0.4, -0.2) is 16.7 Å². The van der Waals surface area contributed by atoms with Gasteiger partial charge in [0.05, 0.1) is 18.4 Å². The maximum absolute atomic E-state index is 13.3. The number of aliphatic imine (C=N–C) groups is 1. The van der Waals surface area contributed by atoms with Gasteiger partial charge in [0.1, 0.15) is 10.8 Å². The van der Waals surface area contributed by atoms with Crippen LogP contribution in [0.2, 0.25) is 0 Å². The molecule has 0 fully saturated rings. The molecule has 4 aromatic rings. The molecule has 3 heterocycles. The number of hydrogen-bond donors (Lipinski definition) is 1. The molecule has 1 aliphatic rings. The van der Waals surface area contributed by atoms with Crippen molar-refractivity contribution in [2.75, 3.05) is 0 Å². The summed E-state index contributed by atoms with van der Waals surface area (Å²) >= 11 is 1.66. The smallest absolute Gasteiger partial charge is 0.255 e. The molecule has 1 amide bonds. The van der Waals surface area contributed by atoms with E-state index in [1.54, 1.807) is 17.6 Å². The average molecular weight is 486 g/mol. The van der Waals surface area contributed by atoms with Gasteiger partial charge in [0.15, 0.2) is 0 Å². The van der Waals surface area contributed by atoms with Gasteiger partial charge in [0, 0.05) is 33.7 Å². The third-order valence-electron chi connectivity index (χ3n) is 6.92. The van der Waals surface area contributed by atoms with E-state index in [2.05, 4.69) is 61.8 Å². The molecule has 6 heteroatoms. The van der Waals surface area contributed by atoms with Crippen LogP contribution >= 0.6 is 11.3 Å². The van der Waals surface area contributed by atoms with Crippen molar-refractivity contribution in [2.45, 2.75) is 59.9 Å². The molecule has 0 bridgehead atoms. The predicted octanol–water partition coefficient (Wildman–Crippen LogP) is 6.92. The van der Waals surface area contributed by atoms with Gasteiger partial charge in [-0.2, -0.15) is 0 Å². The highest BCUT2D eigenvalue weighted by Crippen LogP contribution is 2.40. The van der Waals surface area contributed by atoms with E-state index in [-0.39, 0.29) is 5.91 Å². The second kappa shape index (κ2) is 9.70. The third-order valence-corrected chi connectivity index (χ3v) is 8.12. The number of benzene rings is 1. The number of furan rings is 1. The number of aromatic nitrogens is 1.